The van der Waals surface area contributed by atoms with E-state index in [9.17, 15) is 13.2 Å². The molecule has 7 nitrogen and oxygen atoms in total. The van der Waals surface area contributed by atoms with Gasteiger partial charge in [-0.3, -0.25) is 4.79 Å². The summed E-state index contributed by atoms with van der Waals surface area (Å²) in [4.78, 5) is 17.5. The number of aromatic nitrogens is 1. The molecule has 0 radical (unpaired) electrons. The van der Waals surface area contributed by atoms with Crippen LogP contribution in [-0.2, 0) is 26.9 Å². The van der Waals surface area contributed by atoms with Crippen LogP contribution in [0.2, 0.25) is 5.02 Å². The first-order valence-corrected chi connectivity index (χ1v) is 14.1. The third kappa shape index (κ3) is 5.45. The molecule has 1 amide bonds. The van der Waals surface area contributed by atoms with Crippen LogP contribution in [0.5, 0.6) is 5.75 Å². The number of rotatable bonds is 7. The van der Waals surface area contributed by atoms with Crippen molar-refractivity contribution in [3.05, 3.63) is 89.6 Å². The van der Waals surface area contributed by atoms with E-state index in [-0.39, 0.29) is 23.1 Å². The maximum Gasteiger partial charge on any atom is 0.242 e. The van der Waals surface area contributed by atoms with Crippen LogP contribution in [0.25, 0.3) is 10.9 Å². The Kier molecular flexibility index (Phi) is 7.13. The number of para-hydroxylation sites is 1. The molecule has 0 atom stereocenters. The van der Waals surface area contributed by atoms with E-state index in [1.165, 1.54) is 0 Å². The maximum atomic E-state index is 13.4. The number of nitrogens with zero attached hydrogens (tertiary/aromatic N) is 3. The van der Waals surface area contributed by atoms with Gasteiger partial charge >= 0.3 is 0 Å². The van der Waals surface area contributed by atoms with Gasteiger partial charge in [0.15, 0.2) is 9.84 Å². The van der Waals surface area contributed by atoms with E-state index in [1.807, 2.05) is 47.4 Å². The molecule has 5 rings (SSSR count). The fraction of sp³-hybridized carbons (Fsp3) is 0.250. The van der Waals surface area contributed by atoms with Crippen LogP contribution in [0.3, 0.4) is 0 Å². The molecule has 4 aromatic rings. The number of methoxy groups -OCH3 is 1. The summed E-state index contributed by atoms with van der Waals surface area (Å²) in [6.45, 7) is 2.74. The largest absolute Gasteiger partial charge is 0.497 e. The van der Waals surface area contributed by atoms with Crippen molar-refractivity contribution in [3.63, 3.8) is 0 Å². The first-order chi connectivity index (χ1) is 17.8. The van der Waals surface area contributed by atoms with Crippen LogP contribution in [0.4, 0.5) is 5.69 Å². The zero-order valence-corrected chi connectivity index (χ0v) is 22.1. The number of anilines is 1. The van der Waals surface area contributed by atoms with E-state index < -0.39 is 9.84 Å². The average Bonchev–Trinajstić information content (AvgIpc) is 3.29. The van der Waals surface area contributed by atoms with Gasteiger partial charge in [0.25, 0.3) is 0 Å². The number of carbonyl (C=O) groups is 1. The highest BCUT2D eigenvalue weighted by Crippen LogP contribution is 2.29. The van der Waals surface area contributed by atoms with Gasteiger partial charge in [-0.2, -0.15) is 0 Å². The standard InChI is InChI=1S/C28H28ClN3O4S/c1-36-24-12-10-23(11-13-24)30-14-16-31(17-15-30)28(33)19-32-18-27(25-4-2-3-5-26(25)32)37(34,35)20-21-6-8-22(29)9-7-21/h2-13,18H,14-17,19-20H2,1H3. The molecule has 0 bridgehead atoms. The highest BCUT2D eigenvalue weighted by Gasteiger charge is 2.25. The molecule has 192 valence electrons. The molecule has 0 saturated carbocycles. The highest BCUT2D eigenvalue weighted by molar-refractivity contribution is 7.90. The zero-order chi connectivity index (χ0) is 26.0. The van der Waals surface area contributed by atoms with Crippen LogP contribution in [0.1, 0.15) is 5.56 Å². The number of ether oxygens (including phenoxy) is 1. The number of hydrogen-bond donors (Lipinski definition) is 0. The summed E-state index contributed by atoms with van der Waals surface area (Å²) in [7, 11) is -2.00. The van der Waals surface area contributed by atoms with Crippen LogP contribution >= 0.6 is 11.6 Å². The average molecular weight is 538 g/mol. The minimum atomic E-state index is -3.64. The smallest absolute Gasteiger partial charge is 0.242 e. The lowest BCUT2D eigenvalue weighted by molar-refractivity contribution is -0.132. The molecule has 9 heteroatoms. The maximum absolute atomic E-state index is 13.4. The van der Waals surface area contributed by atoms with Gasteiger partial charge in [0.05, 0.1) is 17.8 Å². The first kappa shape index (κ1) is 25.2. The van der Waals surface area contributed by atoms with Crippen molar-refractivity contribution >= 4 is 43.9 Å². The minimum Gasteiger partial charge on any atom is -0.497 e. The lowest BCUT2D eigenvalue weighted by Gasteiger charge is -2.36. The van der Waals surface area contributed by atoms with Gasteiger partial charge in [-0.15, -0.1) is 0 Å². The Morgan fingerprint density at radius 3 is 2.27 bits per heavy atom. The van der Waals surface area contributed by atoms with Crippen molar-refractivity contribution in [3.8, 4) is 5.75 Å². The zero-order valence-electron chi connectivity index (χ0n) is 20.5. The summed E-state index contributed by atoms with van der Waals surface area (Å²) in [5.41, 5.74) is 2.48. The molecule has 1 fully saturated rings. The lowest BCUT2D eigenvalue weighted by atomic mass is 10.2. The molecule has 0 N–H and O–H groups in total. The Labute approximate surface area is 221 Å². The van der Waals surface area contributed by atoms with Crippen LogP contribution in [0.15, 0.2) is 83.9 Å². The third-order valence-electron chi connectivity index (χ3n) is 6.73. The van der Waals surface area contributed by atoms with Crippen molar-refractivity contribution < 1.29 is 17.9 Å². The molecule has 0 unspecified atom stereocenters. The Morgan fingerprint density at radius 1 is 0.919 bits per heavy atom. The summed E-state index contributed by atoms with van der Waals surface area (Å²) in [6, 6.07) is 22.0. The Bertz CT molecular complexity index is 1510. The first-order valence-electron chi connectivity index (χ1n) is 12.1. The fourth-order valence-corrected chi connectivity index (χ4v) is 6.43. The highest BCUT2D eigenvalue weighted by atomic mass is 35.5. The minimum absolute atomic E-state index is 0.0308. The van der Waals surface area contributed by atoms with Gasteiger partial charge in [0.1, 0.15) is 12.3 Å². The van der Waals surface area contributed by atoms with Gasteiger partial charge in [0.2, 0.25) is 5.91 Å². The molecule has 1 saturated heterocycles. The van der Waals surface area contributed by atoms with Gasteiger partial charge in [-0.05, 0) is 48.0 Å². The monoisotopic (exact) mass is 537 g/mol. The van der Waals surface area contributed by atoms with Crippen LogP contribution < -0.4 is 9.64 Å². The van der Waals surface area contributed by atoms with Gasteiger partial charge in [-0.1, -0.05) is 41.9 Å². The van der Waals surface area contributed by atoms with Gasteiger partial charge in [-0.25, -0.2) is 8.42 Å². The number of piperazine rings is 1. The van der Waals surface area contributed by atoms with E-state index in [0.29, 0.717) is 29.1 Å². The summed E-state index contributed by atoms with van der Waals surface area (Å²) >= 11 is 5.95. The molecule has 2 heterocycles. The van der Waals surface area contributed by atoms with Crippen molar-refractivity contribution in [2.45, 2.75) is 17.2 Å². The Morgan fingerprint density at radius 2 is 1.59 bits per heavy atom. The summed E-state index contributed by atoms with van der Waals surface area (Å²) in [5, 5.41) is 1.18. The van der Waals surface area contributed by atoms with E-state index in [2.05, 4.69) is 4.90 Å². The van der Waals surface area contributed by atoms with Crippen molar-refractivity contribution in [2.24, 2.45) is 0 Å². The van der Waals surface area contributed by atoms with Crippen LogP contribution in [0, 0.1) is 0 Å². The summed E-state index contributed by atoms with van der Waals surface area (Å²) in [6.07, 6.45) is 1.60. The summed E-state index contributed by atoms with van der Waals surface area (Å²) in [5.74, 6) is 0.641. The number of halogens is 1. The number of fused-ring (bicyclic) bond motifs is 1. The fourth-order valence-electron chi connectivity index (χ4n) is 4.72. The topological polar surface area (TPSA) is 71.8 Å². The molecule has 1 aromatic heterocycles. The second kappa shape index (κ2) is 10.5. The Balaban J connectivity index is 1.31. The van der Waals surface area contributed by atoms with E-state index in [4.69, 9.17) is 16.3 Å². The molecule has 3 aromatic carbocycles. The number of sulfone groups is 1. The molecular weight excluding hydrogens is 510 g/mol. The SMILES string of the molecule is COc1ccc(N2CCN(C(=O)Cn3cc(S(=O)(=O)Cc4ccc(Cl)cc4)c4ccccc43)CC2)cc1. The molecule has 1 aliphatic rings. The Hall–Kier alpha value is -3.49. The predicted octanol–water partition coefficient (Wildman–Crippen LogP) is 4.63. The van der Waals surface area contributed by atoms with Crippen molar-refractivity contribution in [2.75, 3.05) is 38.2 Å². The molecule has 0 aliphatic carbocycles. The van der Waals surface area contributed by atoms with Gasteiger partial charge in [0, 0.05) is 54.0 Å². The van der Waals surface area contributed by atoms with E-state index in [1.54, 1.807) is 48.2 Å². The number of benzene rings is 3. The van der Waals surface area contributed by atoms with Gasteiger partial charge < -0.3 is 19.1 Å². The van der Waals surface area contributed by atoms with Crippen molar-refractivity contribution in [1.29, 1.82) is 0 Å². The quantitative estimate of drug-likeness (QED) is 0.344. The molecular formula is C28H28ClN3O4S. The molecule has 37 heavy (non-hydrogen) atoms. The van der Waals surface area contributed by atoms with Crippen LogP contribution in [-0.4, -0.2) is 57.1 Å². The number of amides is 1. The van der Waals surface area contributed by atoms with Crippen molar-refractivity contribution in [1.82, 2.24) is 9.47 Å². The van der Waals surface area contributed by atoms with E-state index >= 15 is 0 Å². The number of carbonyl (C=O) groups excluding carboxylic acids is 1. The lowest BCUT2D eigenvalue weighted by Crippen LogP contribution is -2.49. The predicted molar refractivity (Wildman–Crippen MR) is 146 cm³/mol. The molecule has 0 spiro atoms. The number of hydrogen-bond acceptors (Lipinski definition) is 5. The second-order valence-corrected chi connectivity index (χ2v) is 11.5. The summed E-state index contributed by atoms with van der Waals surface area (Å²) < 4.78 is 33.7. The normalized spacial score (nSPS) is 14.2. The second-order valence-electron chi connectivity index (χ2n) is 9.09. The third-order valence-corrected chi connectivity index (χ3v) is 8.69. The molecule has 1 aliphatic heterocycles. The van der Waals surface area contributed by atoms with E-state index in [0.717, 1.165) is 30.0 Å².